The Balaban J connectivity index is 1.35. The zero-order valence-corrected chi connectivity index (χ0v) is 23.4. The van der Waals surface area contributed by atoms with E-state index in [1.54, 1.807) is 13.3 Å². The summed E-state index contributed by atoms with van der Waals surface area (Å²) in [6, 6.07) is 42.8. The van der Waals surface area contributed by atoms with Gasteiger partial charge in [-0.2, -0.15) is 0 Å². The molecule has 0 saturated carbocycles. The maximum Gasteiger partial charge on any atom is 0.109 e. The third-order valence-electron chi connectivity index (χ3n) is 7.76. The first kappa shape index (κ1) is 24.2. The van der Waals surface area contributed by atoms with E-state index in [1.165, 1.54) is 37.9 Å². The van der Waals surface area contributed by atoms with E-state index >= 15 is 0 Å². The first-order valence-corrected chi connectivity index (χ1v) is 16.1. The lowest BCUT2D eigenvalue weighted by molar-refractivity contribution is 0.588. The maximum atomic E-state index is 12.5. The van der Waals surface area contributed by atoms with Gasteiger partial charge in [0.2, 0.25) is 0 Å². The quantitative estimate of drug-likeness (QED) is 0.160. The van der Waals surface area contributed by atoms with Crippen LogP contribution in [0.4, 0.5) is 0 Å². The summed E-state index contributed by atoms with van der Waals surface area (Å²) in [7, 11) is -2.28. The molecule has 0 fully saturated rings. The minimum atomic E-state index is -2.28. The molecule has 0 heterocycles. The van der Waals surface area contributed by atoms with Crippen LogP contribution in [0.25, 0.3) is 65.7 Å². The number of benzene rings is 7. The van der Waals surface area contributed by atoms with Gasteiger partial charge in [0.25, 0.3) is 0 Å². The zero-order valence-electron chi connectivity index (χ0n) is 21.8. The molecule has 0 aromatic heterocycles. The third kappa shape index (κ3) is 4.23. The fourth-order valence-electron chi connectivity index (χ4n) is 5.79. The number of rotatable bonds is 4. The molecule has 0 amide bonds. The molecule has 0 aliphatic carbocycles. The van der Waals surface area contributed by atoms with Crippen molar-refractivity contribution in [2.75, 3.05) is 13.3 Å². The van der Waals surface area contributed by atoms with Crippen LogP contribution >= 0.6 is 18.7 Å². The van der Waals surface area contributed by atoms with Crippen molar-refractivity contribution in [1.29, 1.82) is 0 Å². The van der Waals surface area contributed by atoms with Gasteiger partial charge < -0.3 is 4.57 Å². The van der Waals surface area contributed by atoms with Crippen LogP contribution in [0.5, 0.6) is 0 Å². The standard InChI is InChI=1S/C36H26ClOP/c1-39(2,38)32-15-11-23(12-16-32)27-7-4-8-28(19-27)29-20-30(22-31(37)21-29)33-17-13-26-10-9-24-5-3-6-25-14-18-34(33)36(26)35(24)25/h3-22H,1-2H3. The highest BCUT2D eigenvalue weighted by molar-refractivity contribution is 7.70. The molecule has 0 aliphatic rings. The van der Waals surface area contributed by atoms with Crippen LogP contribution < -0.4 is 5.30 Å². The van der Waals surface area contributed by atoms with Crippen LogP contribution in [0.3, 0.4) is 0 Å². The van der Waals surface area contributed by atoms with Gasteiger partial charge in [0.1, 0.15) is 7.14 Å². The zero-order chi connectivity index (χ0) is 26.7. The van der Waals surface area contributed by atoms with Gasteiger partial charge in [-0.05, 0) is 103 Å². The van der Waals surface area contributed by atoms with Crippen molar-refractivity contribution >= 4 is 56.4 Å². The predicted molar refractivity (Wildman–Crippen MR) is 171 cm³/mol. The summed E-state index contributed by atoms with van der Waals surface area (Å²) in [6.07, 6.45) is 0. The van der Waals surface area contributed by atoms with Gasteiger partial charge in [-0.1, -0.05) is 109 Å². The molecule has 0 unspecified atom stereocenters. The lowest BCUT2D eigenvalue weighted by Gasteiger charge is -2.15. The van der Waals surface area contributed by atoms with Crippen LogP contribution in [0.15, 0.2) is 121 Å². The molecular weight excluding hydrogens is 515 g/mol. The molecule has 0 bridgehead atoms. The van der Waals surface area contributed by atoms with E-state index in [0.29, 0.717) is 5.02 Å². The average Bonchev–Trinajstić information content (AvgIpc) is 2.95. The molecule has 3 heteroatoms. The Morgan fingerprint density at radius 1 is 0.513 bits per heavy atom. The fraction of sp³-hybridized carbons (Fsp3) is 0.0556. The minimum Gasteiger partial charge on any atom is -0.319 e. The van der Waals surface area contributed by atoms with E-state index in [1.807, 2.05) is 18.2 Å². The minimum absolute atomic E-state index is 0.713. The summed E-state index contributed by atoms with van der Waals surface area (Å²) in [5.41, 5.74) is 6.68. The molecule has 0 saturated heterocycles. The Bertz CT molecular complexity index is 2050. The molecule has 188 valence electrons. The molecule has 7 rings (SSSR count). The fourth-order valence-corrected chi connectivity index (χ4v) is 6.89. The number of halogens is 1. The smallest absolute Gasteiger partial charge is 0.109 e. The molecule has 39 heavy (non-hydrogen) atoms. The van der Waals surface area contributed by atoms with Crippen LogP contribution in [-0.2, 0) is 4.57 Å². The molecule has 1 nitrogen and oxygen atoms in total. The van der Waals surface area contributed by atoms with Crippen molar-refractivity contribution in [1.82, 2.24) is 0 Å². The van der Waals surface area contributed by atoms with Gasteiger partial charge in [0, 0.05) is 10.3 Å². The second-order valence-electron chi connectivity index (χ2n) is 10.7. The molecule has 0 radical (unpaired) electrons. The van der Waals surface area contributed by atoms with Crippen LogP contribution in [0.1, 0.15) is 0 Å². The van der Waals surface area contributed by atoms with Gasteiger partial charge >= 0.3 is 0 Å². The highest BCUT2D eigenvalue weighted by Gasteiger charge is 2.14. The molecule has 0 aliphatic heterocycles. The van der Waals surface area contributed by atoms with E-state index in [-0.39, 0.29) is 0 Å². The van der Waals surface area contributed by atoms with E-state index in [4.69, 9.17) is 11.6 Å². The lowest BCUT2D eigenvalue weighted by Crippen LogP contribution is -2.01. The first-order valence-electron chi connectivity index (χ1n) is 13.1. The van der Waals surface area contributed by atoms with Gasteiger partial charge in [0.15, 0.2) is 0 Å². The Morgan fingerprint density at radius 3 is 1.79 bits per heavy atom. The van der Waals surface area contributed by atoms with Gasteiger partial charge in [-0.3, -0.25) is 0 Å². The van der Waals surface area contributed by atoms with Gasteiger partial charge in [-0.25, -0.2) is 0 Å². The van der Waals surface area contributed by atoms with E-state index < -0.39 is 7.14 Å². The summed E-state index contributed by atoms with van der Waals surface area (Å²) in [4.78, 5) is 0. The first-order chi connectivity index (χ1) is 18.8. The largest absolute Gasteiger partial charge is 0.319 e. The second-order valence-corrected chi connectivity index (χ2v) is 14.3. The molecule has 7 aromatic rings. The van der Waals surface area contributed by atoms with Gasteiger partial charge in [-0.15, -0.1) is 0 Å². The van der Waals surface area contributed by atoms with E-state index in [0.717, 1.165) is 33.1 Å². The SMILES string of the molecule is CP(C)(=O)c1ccc(-c2cccc(-c3cc(Cl)cc(-c4ccc5ccc6cccc7ccc4c5c67)c3)c2)cc1. The van der Waals surface area contributed by atoms with E-state index in [9.17, 15) is 4.57 Å². The molecule has 7 aromatic carbocycles. The molecular formula is C36H26ClOP. The van der Waals surface area contributed by atoms with Crippen molar-refractivity contribution in [2.45, 2.75) is 0 Å². The maximum absolute atomic E-state index is 12.5. The van der Waals surface area contributed by atoms with Crippen molar-refractivity contribution in [3.63, 3.8) is 0 Å². The Labute approximate surface area is 233 Å². The van der Waals surface area contributed by atoms with Crippen LogP contribution in [0.2, 0.25) is 5.02 Å². The second kappa shape index (κ2) is 9.09. The summed E-state index contributed by atoms with van der Waals surface area (Å²) < 4.78 is 12.5. The number of hydrogen-bond acceptors (Lipinski definition) is 1. The average molecular weight is 541 g/mol. The Morgan fingerprint density at radius 2 is 1.08 bits per heavy atom. The lowest BCUT2D eigenvalue weighted by atomic mass is 9.89. The summed E-state index contributed by atoms with van der Waals surface area (Å²) in [5, 5.41) is 9.25. The van der Waals surface area contributed by atoms with Crippen LogP contribution in [-0.4, -0.2) is 13.3 Å². The van der Waals surface area contributed by atoms with Gasteiger partial charge in [0.05, 0.1) is 0 Å². The predicted octanol–water partition coefficient (Wildman–Crippen LogP) is 10.5. The van der Waals surface area contributed by atoms with E-state index in [2.05, 4.69) is 103 Å². The summed E-state index contributed by atoms with van der Waals surface area (Å²) in [5.74, 6) is 0. The summed E-state index contributed by atoms with van der Waals surface area (Å²) >= 11 is 6.74. The molecule has 0 N–H and O–H groups in total. The Kier molecular flexibility index (Phi) is 5.63. The highest BCUT2D eigenvalue weighted by Crippen LogP contribution is 2.41. The van der Waals surface area contributed by atoms with Crippen molar-refractivity contribution in [2.24, 2.45) is 0 Å². The topological polar surface area (TPSA) is 17.1 Å². The van der Waals surface area contributed by atoms with Crippen molar-refractivity contribution < 1.29 is 4.57 Å². The van der Waals surface area contributed by atoms with Crippen molar-refractivity contribution in [3.05, 3.63) is 126 Å². The highest BCUT2D eigenvalue weighted by atomic mass is 35.5. The molecule has 0 atom stereocenters. The normalized spacial score (nSPS) is 12.1. The number of hydrogen-bond donors (Lipinski definition) is 0. The van der Waals surface area contributed by atoms with Crippen LogP contribution in [0, 0.1) is 0 Å². The summed E-state index contributed by atoms with van der Waals surface area (Å²) in [6.45, 7) is 3.61. The Hall–Kier alpha value is -3.90. The molecule has 0 spiro atoms. The van der Waals surface area contributed by atoms with Crippen molar-refractivity contribution in [3.8, 4) is 33.4 Å². The monoisotopic (exact) mass is 540 g/mol. The third-order valence-corrected chi connectivity index (χ3v) is 9.52.